The average Bonchev–Trinajstić information content (AvgIpc) is 2.91. The second-order valence-electron chi connectivity index (χ2n) is 8.39. The smallest absolute Gasteiger partial charge is 0.303 e. The van der Waals surface area contributed by atoms with Crippen molar-refractivity contribution >= 4 is 29.3 Å². The summed E-state index contributed by atoms with van der Waals surface area (Å²) in [4.78, 5) is 27.0. The van der Waals surface area contributed by atoms with Gasteiger partial charge in [0.25, 0.3) is 0 Å². The number of amides is 1. The fraction of sp³-hybridized carbons (Fsp3) is 0.296. The number of carbonyl (C=O) groups is 2. The molecule has 9 heteroatoms. The van der Waals surface area contributed by atoms with Gasteiger partial charge in [0.2, 0.25) is 5.91 Å². The molecule has 0 bridgehead atoms. The number of aromatic nitrogens is 1. The molecule has 3 N–H and O–H groups in total. The van der Waals surface area contributed by atoms with Gasteiger partial charge in [-0.1, -0.05) is 42.5 Å². The third-order valence-electron chi connectivity index (χ3n) is 5.70. The summed E-state index contributed by atoms with van der Waals surface area (Å²) in [6.45, 7) is -0.0138. The Labute approximate surface area is 213 Å². The standard InChI is InChI=1S/C27H28N2O6S/c30-16-18-4-6-19(7-5-18)23-15-22(17-36-25-3-1-2-14-28-25)34-27(35-23)20-8-10-21(11-9-20)29-24(31)12-13-26(32)33/h1-11,14,22-23,27,30H,12-13,15-17H2,(H,29,31)(H,32,33). The number of aliphatic carboxylic acids is 1. The van der Waals surface area contributed by atoms with E-state index in [9.17, 15) is 14.7 Å². The van der Waals surface area contributed by atoms with E-state index in [-0.39, 0.29) is 37.6 Å². The number of hydrogen-bond acceptors (Lipinski definition) is 7. The molecule has 188 valence electrons. The SMILES string of the molecule is O=C(O)CCC(=O)Nc1ccc(C2OC(CSc3ccccn3)CC(c3ccc(CO)cc3)O2)cc1. The van der Waals surface area contributed by atoms with E-state index >= 15 is 0 Å². The Kier molecular flexibility index (Phi) is 9.07. The van der Waals surface area contributed by atoms with Crippen LogP contribution in [0.1, 0.15) is 48.3 Å². The number of carboxylic acid groups (broad SMARTS) is 1. The molecule has 1 aromatic heterocycles. The molecule has 1 aliphatic heterocycles. The number of rotatable bonds is 10. The number of carbonyl (C=O) groups excluding carboxylic acids is 1. The molecule has 0 saturated carbocycles. The van der Waals surface area contributed by atoms with Crippen molar-refractivity contribution in [3.8, 4) is 0 Å². The van der Waals surface area contributed by atoms with Crippen LogP contribution >= 0.6 is 11.8 Å². The fourth-order valence-electron chi connectivity index (χ4n) is 3.80. The van der Waals surface area contributed by atoms with Gasteiger partial charge < -0.3 is 25.0 Å². The lowest BCUT2D eigenvalue weighted by Gasteiger charge is -2.36. The number of aliphatic hydroxyl groups is 1. The Morgan fingerprint density at radius 2 is 1.72 bits per heavy atom. The lowest BCUT2D eigenvalue weighted by Crippen LogP contribution is -2.31. The average molecular weight is 509 g/mol. The molecule has 0 aliphatic carbocycles. The highest BCUT2D eigenvalue weighted by Gasteiger charge is 2.32. The first-order valence-electron chi connectivity index (χ1n) is 11.7. The molecule has 3 aromatic rings. The Morgan fingerprint density at radius 3 is 2.39 bits per heavy atom. The maximum absolute atomic E-state index is 11.9. The fourth-order valence-corrected chi connectivity index (χ4v) is 4.68. The summed E-state index contributed by atoms with van der Waals surface area (Å²) in [6, 6.07) is 20.7. The van der Waals surface area contributed by atoms with E-state index in [1.54, 1.807) is 30.1 Å². The zero-order chi connectivity index (χ0) is 25.3. The van der Waals surface area contributed by atoms with Gasteiger partial charge in [0.15, 0.2) is 6.29 Å². The summed E-state index contributed by atoms with van der Waals surface area (Å²) in [5.41, 5.74) is 3.23. The van der Waals surface area contributed by atoms with Crippen molar-refractivity contribution in [2.75, 3.05) is 11.1 Å². The number of anilines is 1. The van der Waals surface area contributed by atoms with Crippen LogP contribution in [0.3, 0.4) is 0 Å². The largest absolute Gasteiger partial charge is 0.481 e. The number of hydrogen-bond donors (Lipinski definition) is 3. The van der Waals surface area contributed by atoms with Gasteiger partial charge in [-0.2, -0.15) is 0 Å². The van der Waals surface area contributed by atoms with E-state index in [2.05, 4.69) is 10.3 Å². The first-order chi connectivity index (χ1) is 17.5. The minimum absolute atomic E-state index is 0.0138. The lowest BCUT2D eigenvalue weighted by molar-refractivity contribution is -0.245. The van der Waals surface area contributed by atoms with Crippen LogP contribution in [-0.2, 0) is 25.7 Å². The van der Waals surface area contributed by atoms with Gasteiger partial charge in [-0.3, -0.25) is 9.59 Å². The van der Waals surface area contributed by atoms with Gasteiger partial charge in [-0.05, 0) is 35.4 Å². The number of benzene rings is 2. The van der Waals surface area contributed by atoms with Crippen molar-refractivity contribution in [2.45, 2.75) is 49.4 Å². The van der Waals surface area contributed by atoms with E-state index in [1.807, 2.05) is 54.6 Å². The zero-order valence-electron chi connectivity index (χ0n) is 19.6. The van der Waals surface area contributed by atoms with Crippen molar-refractivity contribution in [1.82, 2.24) is 4.98 Å². The number of aliphatic hydroxyl groups excluding tert-OH is 1. The van der Waals surface area contributed by atoms with Crippen molar-refractivity contribution < 1.29 is 29.3 Å². The Balaban J connectivity index is 1.46. The molecule has 2 heterocycles. The molecule has 8 nitrogen and oxygen atoms in total. The molecule has 1 fully saturated rings. The molecule has 1 amide bonds. The second kappa shape index (κ2) is 12.6. The molecule has 36 heavy (non-hydrogen) atoms. The van der Waals surface area contributed by atoms with Crippen molar-refractivity contribution in [2.24, 2.45) is 0 Å². The minimum atomic E-state index is -1.01. The summed E-state index contributed by atoms with van der Waals surface area (Å²) in [5.74, 6) is -0.656. The van der Waals surface area contributed by atoms with E-state index in [1.165, 1.54) is 0 Å². The second-order valence-corrected chi connectivity index (χ2v) is 9.43. The van der Waals surface area contributed by atoms with Crippen LogP contribution in [-0.4, -0.2) is 38.9 Å². The molecule has 4 rings (SSSR count). The van der Waals surface area contributed by atoms with Crippen LogP contribution in [0.25, 0.3) is 0 Å². The molecule has 1 saturated heterocycles. The molecular weight excluding hydrogens is 480 g/mol. The van der Waals surface area contributed by atoms with Crippen LogP contribution in [0.15, 0.2) is 78.0 Å². The summed E-state index contributed by atoms with van der Waals surface area (Å²) >= 11 is 1.63. The van der Waals surface area contributed by atoms with E-state index in [0.29, 0.717) is 17.9 Å². The maximum Gasteiger partial charge on any atom is 0.303 e. The zero-order valence-corrected chi connectivity index (χ0v) is 20.4. The van der Waals surface area contributed by atoms with Gasteiger partial charge in [-0.15, -0.1) is 11.8 Å². The topological polar surface area (TPSA) is 118 Å². The van der Waals surface area contributed by atoms with Gasteiger partial charge in [0.1, 0.15) is 0 Å². The van der Waals surface area contributed by atoms with E-state index in [0.717, 1.165) is 21.7 Å². The van der Waals surface area contributed by atoms with Gasteiger partial charge in [-0.25, -0.2) is 4.98 Å². The summed E-state index contributed by atoms with van der Waals surface area (Å²) < 4.78 is 12.7. The highest BCUT2D eigenvalue weighted by atomic mass is 32.2. The number of thioether (sulfide) groups is 1. The molecule has 2 aromatic carbocycles. The molecule has 0 spiro atoms. The minimum Gasteiger partial charge on any atom is -0.481 e. The maximum atomic E-state index is 11.9. The summed E-state index contributed by atoms with van der Waals surface area (Å²) in [5, 5.41) is 21.7. The number of nitrogens with one attached hydrogen (secondary N) is 1. The molecule has 0 radical (unpaired) electrons. The van der Waals surface area contributed by atoms with Crippen molar-refractivity contribution in [3.05, 3.63) is 89.6 Å². The lowest BCUT2D eigenvalue weighted by atomic mass is 10.0. The number of nitrogens with zero attached hydrogens (tertiary/aromatic N) is 1. The van der Waals surface area contributed by atoms with Crippen LogP contribution in [0, 0.1) is 0 Å². The third-order valence-corrected chi connectivity index (χ3v) is 6.78. The van der Waals surface area contributed by atoms with Crippen LogP contribution < -0.4 is 5.32 Å². The highest BCUT2D eigenvalue weighted by molar-refractivity contribution is 7.99. The first kappa shape index (κ1) is 25.8. The molecule has 3 atom stereocenters. The van der Waals surface area contributed by atoms with Gasteiger partial charge in [0, 0.05) is 36.0 Å². The van der Waals surface area contributed by atoms with Crippen molar-refractivity contribution in [1.29, 1.82) is 0 Å². The van der Waals surface area contributed by atoms with Gasteiger partial charge >= 0.3 is 5.97 Å². The van der Waals surface area contributed by atoms with Crippen LogP contribution in [0.2, 0.25) is 0 Å². The summed E-state index contributed by atoms with van der Waals surface area (Å²) in [7, 11) is 0. The monoisotopic (exact) mass is 508 g/mol. The Bertz CT molecular complexity index is 1140. The predicted octanol–water partition coefficient (Wildman–Crippen LogP) is 4.71. The van der Waals surface area contributed by atoms with E-state index in [4.69, 9.17) is 14.6 Å². The Hall–Kier alpha value is -3.24. The van der Waals surface area contributed by atoms with Crippen LogP contribution in [0.5, 0.6) is 0 Å². The Morgan fingerprint density at radius 1 is 0.972 bits per heavy atom. The predicted molar refractivity (Wildman–Crippen MR) is 135 cm³/mol. The molecule has 3 unspecified atom stereocenters. The molecular formula is C27H28N2O6S. The van der Waals surface area contributed by atoms with Crippen molar-refractivity contribution in [3.63, 3.8) is 0 Å². The third kappa shape index (κ3) is 7.38. The number of pyridine rings is 1. The highest BCUT2D eigenvalue weighted by Crippen LogP contribution is 2.39. The summed E-state index contributed by atoms with van der Waals surface area (Å²) in [6.07, 6.45) is 1.25. The number of ether oxygens (including phenoxy) is 2. The normalized spacial score (nSPS) is 19.5. The van der Waals surface area contributed by atoms with Gasteiger partial charge in [0.05, 0.1) is 30.3 Å². The molecule has 1 aliphatic rings. The first-order valence-corrected chi connectivity index (χ1v) is 12.6. The number of carboxylic acids is 1. The van der Waals surface area contributed by atoms with E-state index < -0.39 is 12.3 Å². The van der Waals surface area contributed by atoms with Crippen LogP contribution in [0.4, 0.5) is 5.69 Å². The quantitative estimate of drug-likeness (QED) is 0.337.